The van der Waals surface area contributed by atoms with E-state index >= 15 is 0 Å². The molecule has 112 valence electrons. The number of rotatable bonds is 3. The first-order chi connectivity index (χ1) is 10.1. The third-order valence-electron chi connectivity index (χ3n) is 3.78. The quantitative estimate of drug-likeness (QED) is 0.948. The number of benzene rings is 1. The third kappa shape index (κ3) is 3.19. The number of halogens is 1. The Morgan fingerprint density at radius 1 is 1.48 bits per heavy atom. The van der Waals surface area contributed by atoms with Gasteiger partial charge in [0.15, 0.2) is 0 Å². The largest absolute Gasteiger partial charge is 0.381 e. The van der Waals surface area contributed by atoms with Gasteiger partial charge in [0.05, 0.1) is 11.0 Å². The summed E-state index contributed by atoms with van der Waals surface area (Å²) in [6.45, 7) is 3.93. The summed E-state index contributed by atoms with van der Waals surface area (Å²) in [6, 6.07) is 5.63. The molecular formula is C15H18ClN3O2. The van der Waals surface area contributed by atoms with Gasteiger partial charge in [0.2, 0.25) is 11.9 Å². The van der Waals surface area contributed by atoms with Crippen LogP contribution in [-0.2, 0) is 16.1 Å². The van der Waals surface area contributed by atoms with E-state index in [1.54, 1.807) is 0 Å². The number of aromatic nitrogens is 2. The second kappa shape index (κ2) is 6.03. The third-order valence-corrected chi connectivity index (χ3v) is 4.01. The van der Waals surface area contributed by atoms with Crippen molar-refractivity contribution in [2.24, 2.45) is 5.92 Å². The second-order valence-corrected chi connectivity index (χ2v) is 5.85. The van der Waals surface area contributed by atoms with Crippen molar-refractivity contribution in [1.82, 2.24) is 9.55 Å². The number of carbonyl (C=O) groups excluding carboxylic acids is 1. The van der Waals surface area contributed by atoms with Crippen LogP contribution in [0.2, 0.25) is 5.02 Å². The average molecular weight is 308 g/mol. The second-order valence-electron chi connectivity index (χ2n) is 5.42. The number of hydrogen-bond donors (Lipinski definition) is 1. The molecule has 3 rings (SSSR count). The molecule has 1 fully saturated rings. The molecule has 1 aromatic carbocycles. The minimum atomic E-state index is -0.121. The Bertz CT molecular complexity index is 662. The van der Waals surface area contributed by atoms with E-state index in [2.05, 4.69) is 14.9 Å². The predicted octanol–water partition coefficient (Wildman–Crippen LogP) is 3.07. The SMILES string of the molecule is CC(=O)Nc1nc2cc(Cl)ccc2n1CC1CCOCC1. The molecule has 1 N–H and O–H groups in total. The maximum absolute atomic E-state index is 11.4. The molecule has 0 unspecified atom stereocenters. The molecule has 1 saturated heterocycles. The first-order valence-corrected chi connectivity index (χ1v) is 7.52. The minimum absolute atomic E-state index is 0.121. The van der Waals surface area contributed by atoms with Gasteiger partial charge in [-0.05, 0) is 37.0 Å². The zero-order valence-electron chi connectivity index (χ0n) is 11.9. The number of anilines is 1. The number of fused-ring (bicyclic) bond motifs is 1. The minimum Gasteiger partial charge on any atom is -0.381 e. The number of carbonyl (C=O) groups is 1. The molecule has 2 aromatic rings. The van der Waals surface area contributed by atoms with Gasteiger partial charge in [-0.15, -0.1) is 0 Å². The van der Waals surface area contributed by atoms with Crippen LogP contribution >= 0.6 is 11.6 Å². The maximum atomic E-state index is 11.4. The normalized spacial score (nSPS) is 16.3. The molecule has 0 saturated carbocycles. The van der Waals surface area contributed by atoms with Gasteiger partial charge in [-0.2, -0.15) is 0 Å². The molecule has 0 spiro atoms. The van der Waals surface area contributed by atoms with E-state index in [1.807, 2.05) is 18.2 Å². The molecule has 0 aliphatic carbocycles. The highest BCUT2D eigenvalue weighted by Crippen LogP contribution is 2.26. The van der Waals surface area contributed by atoms with Gasteiger partial charge in [0.1, 0.15) is 0 Å². The zero-order valence-corrected chi connectivity index (χ0v) is 12.7. The Morgan fingerprint density at radius 3 is 2.95 bits per heavy atom. The lowest BCUT2D eigenvalue weighted by Gasteiger charge is -2.23. The van der Waals surface area contributed by atoms with E-state index in [4.69, 9.17) is 16.3 Å². The van der Waals surface area contributed by atoms with Gasteiger partial charge in [-0.3, -0.25) is 10.1 Å². The lowest BCUT2D eigenvalue weighted by Crippen LogP contribution is -2.22. The molecule has 1 aromatic heterocycles. The molecule has 1 aliphatic rings. The Balaban J connectivity index is 1.97. The number of nitrogens with one attached hydrogen (secondary N) is 1. The van der Waals surface area contributed by atoms with E-state index in [0.717, 1.165) is 43.6 Å². The summed E-state index contributed by atoms with van der Waals surface area (Å²) in [7, 11) is 0. The smallest absolute Gasteiger partial charge is 0.223 e. The Kier molecular flexibility index (Phi) is 4.12. The number of hydrogen-bond acceptors (Lipinski definition) is 3. The molecule has 5 nitrogen and oxygen atoms in total. The lowest BCUT2D eigenvalue weighted by molar-refractivity contribution is -0.114. The Hall–Kier alpha value is -1.59. The standard InChI is InChI=1S/C15H18ClN3O2/c1-10(20)17-15-18-13-8-12(16)2-3-14(13)19(15)9-11-4-6-21-7-5-11/h2-3,8,11H,4-7,9H2,1H3,(H,17,18,20). The molecule has 0 radical (unpaired) electrons. The summed E-state index contributed by atoms with van der Waals surface area (Å²) in [5.41, 5.74) is 1.80. The van der Waals surface area contributed by atoms with E-state index in [9.17, 15) is 4.79 Å². The van der Waals surface area contributed by atoms with Crippen LogP contribution in [0.1, 0.15) is 19.8 Å². The summed E-state index contributed by atoms with van der Waals surface area (Å²) in [5.74, 6) is 1.01. The molecule has 1 amide bonds. The van der Waals surface area contributed by atoms with Crippen LogP contribution in [0, 0.1) is 5.92 Å². The number of nitrogens with zero attached hydrogens (tertiary/aromatic N) is 2. The fourth-order valence-electron chi connectivity index (χ4n) is 2.73. The highest BCUT2D eigenvalue weighted by Gasteiger charge is 2.19. The first-order valence-electron chi connectivity index (χ1n) is 7.14. The van der Waals surface area contributed by atoms with Gasteiger partial charge in [-0.1, -0.05) is 11.6 Å². The summed E-state index contributed by atoms with van der Waals surface area (Å²) in [4.78, 5) is 15.9. The van der Waals surface area contributed by atoms with Crippen LogP contribution in [0.25, 0.3) is 11.0 Å². The Labute approximate surface area is 128 Å². The highest BCUT2D eigenvalue weighted by atomic mass is 35.5. The number of amides is 1. The van der Waals surface area contributed by atoms with Crippen molar-refractivity contribution in [2.75, 3.05) is 18.5 Å². The van der Waals surface area contributed by atoms with Crippen LogP contribution in [0.5, 0.6) is 0 Å². The van der Waals surface area contributed by atoms with E-state index < -0.39 is 0 Å². The van der Waals surface area contributed by atoms with Crippen molar-refractivity contribution in [2.45, 2.75) is 26.3 Å². The average Bonchev–Trinajstić information content (AvgIpc) is 2.76. The van der Waals surface area contributed by atoms with Crippen molar-refractivity contribution in [3.05, 3.63) is 23.2 Å². The van der Waals surface area contributed by atoms with Crippen molar-refractivity contribution in [3.8, 4) is 0 Å². The number of ether oxygens (including phenoxy) is 1. The van der Waals surface area contributed by atoms with Gasteiger partial charge in [-0.25, -0.2) is 4.98 Å². The van der Waals surface area contributed by atoms with E-state index in [0.29, 0.717) is 16.9 Å². The van der Waals surface area contributed by atoms with Crippen molar-refractivity contribution in [1.29, 1.82) is 0 Å². The van der Waals surface area contributed by atoms with E-state index in [1.165, 1.54) is 6.92 Å². The Morgan fingerprint density at radius 2 is 2.24 bits per heavy atom. The fraction of sp³-hybridized carbons (Fsp3) is 0.467. The molecule has 0 bridgehead atoms. The molecular weight excluding hydrogens is 290 g/mol. The van der Waals surface area contributed by atoms with Gasteiger partial charge in [0.25, 0.3) is 0 Å². The van der Waals surface area contributed by atoms with Crippen molar-refractivity contribution in [3.63, 3.8) is 0 Å². The summed E-state index contributed by atoms with van der Waals surface area (Å²) >= 11 is 6.02. The monoisotopic (exact) mass is 307 g/mol. The molecule has 6 heteroatoms. The van der Waals surface area contributed by atoms with Gasteiger partial charge >= 0.3 is 0 Å². The van der Waals surface area contributed by atoms with Crippen LogP contribution in [0.4, 0.5) is 5.95 Å². The summed E-state index contributed by atoms with van der Waals surface area (Å²) < 4.78 is 7.48. The lowest BCUT2D eigenvalue weighted by atomic mass is 10.0. The zero-order chi connectivity index (χ0) is 14.8. The summed E-state index contributed by atoms with van der Waals surface area (Å²) in [6.07, 6.45) is 2.07. The molecule has 2 heterocycles. The van der Waals surface area contributed by atoms with Crippen LogP contribution in [0.15, 0.2) is 18.2 Å². The first kappa shape index (κ1) is 14.4. The maximum Gasteiger partial charge on any atom is 0.223 e. The highest BCUT2D eigenvalue weighted by molar-refractivity contribution is 6.31. The van der Waals surface area contributed by atoms with Crippen LogP contribution in [0.3, 0.4) is 0 Å². The predicted molar refractivity (Wildman–Crippen MR) is 82.6 cm³/mol. The fourth-order valence-corrected chi connectivity index (χ4v) is 2.89. The topological polar surface area (TPSA) is 56.2 Å². The van der Waals surface area contributed by atoms with Crippen LogP contribution < -0.4 is 5.32 Å². The summed E-state index contributed by atoms with van der Waals surface area (Å²) in [5, 5.41) is 3.46. The van der Waals surface area contributed by atoms with Crippen molar-refractivity contribution < 1.29 is 9.53 Å². The molecule has 21 heavy (non-hydrogen) atoms. The molecule has 0 atom stereocenters. The molecule has 1 aliphatic heterocycles. The van der Waals surface area contributed by atoms with Gasteiger partial charge < -0.3 is 9.30 Å². The van der Waals surface area contributed by atoms with Crippen molar-refractivity contribution >= 4 is 34.5 Å². The van der Waals surface area contributed by atoms with E-state index in [-0.39, 0.29) is 5.91 Å². The number of imidazole rings is 1. The van der Waals surface area contributed by atoms with Crippen LogP contribution in [-0.4, -0.2) is 28.7 Å². The van der Waals surface area contributed by atoms with Gasteiger partial charge in [0, 0.05) is 31.7 Å².